The first-order valence-corrected chi connectivity index (χ1v) is 11.6. The molecule has 4 aliphatic carbocycles. The fourth-order valence-corrected chi connectivity index (χ4v) is 8.41. The van der Waals surface area contributed by atoms with Crippen molar-refractivity contribution in [1.29, 1.82) is 0 Å². The van der Waals surface area contributed by atoms with E-state index in [9.17, 15) is 5.11 Å². The van der Waals surface area contributed by atoms with Gasteiger partial charge in [-0.05, 0) is 109 Å². The Hall–Kier alpha value is -1.15. The van der Waals surface area contributed by atoms with E-state index < -0.39 is 5.60 Å². The fraction of sp³-hybridized carbons (Fsp3) is 0.731. The van der Waals surface area contributed by atoms with Crippen LogP contribution in [0.25, 0.3) is 5.57 Å². The van der Waals surface area contributed by atoms with Crippen LogP contribution in [-0.2, 0) is 0 Å². The van der Waals surface area contributed by atoms with Crippen LogP contribution in [0.4, 0.5) is 0 Å². The lowest BCUT2D eigenvalue weighted by Crippen LogP contribution is -2.57. The normalized spacial score (nSPS) is 50.3. The molecule has 0 saturated heterocycles. The van der Waals surface area contributed by atoms with Crippen molar-refractivity contribution < 1.29 is 5.11 Å². The second-order valence-electron chi connectivity index (χ2n) is 11.5. The lowest BCUT2D eigenvalue weighted by Gasteiger charge is -2.63. The zero-order valence-electron chi connectivity index (χ0n) is 18.1. The van der Waals surface area contributed by atoms with Gasteiger partial charge in [-0.2, -0.15) is 0 Å². The summed E-state index contributed by atoms with van der Waals surface area (Å²) in [5.41, 5.74) is 3.19. The maximum Gasteiger partial charge on any atom is 0.0623 e. The highest BCUT2D eigenvalue weighted by molar-refractivity contribution is 5.72. The molecule has 1 aromatic heterocycles. The maximum absolute atomic E-state index is 10.8. The van der Waals surface area contributed by atoms with Crippen LogP contribution in [0.1, 0.15) is 78.2 Å². The second kappa shape index (κ2) is 6.17. The van der Waals surface area contributed by atoms with E-state index in [4.69, 9.17) is 0 Å². The van der Waals surface area contributed by atoms with Gasteiger partial charge >= 0.3 is 0 Å². The number of rotatable bonds is 1. The molecular formula is C26H37NO. The summed E-state index contributed by atoms with van der Waals surface area (Å²) in [5, 5.41) is 10.8. The molecule has 2 nitrogen and oxygen atoms in total. The van der Waals surface area contributed by atoms with Gasteiger partial charge in [0.2, 0.25) is 0 Å². The predicted octanol–water partition coefficient (Wildman–Crippen LogP) is 6.11. The third-order valence-corrected chi connectivity index (χ3v) is 9.88. The van der Waals surface area contributed by atoms with E-state index in [0.29, 0.717) is 16.7 Å². The molecule has 28 heavy (non-hydrogen) atoms. The lowest BCUT2D eigenvalue weighted by molar-refractivity contribution is -0.158. The summed E-state index contributed by atoms with van der Waals surface area (Å²) >= 11 is 0. The topological polar surface area (TPSA) is 33.1 Å². The molecule has 1 heterocycles. The molecule has 0 radical (unpaired) electrons. The molecule has 3 fully saturated rings. The van der Waals surface area contributed by atoms with E-state index in [1.165, 1.54) is 37.7 Å². The van der Waals surface area contributed by atoms with Gasteiger partial charge in [0.25, 0.3) is 0 Å². The summed E-state index contributed by atoms with van der Waals surface area (Å²) in [6.45, 7) is 9.69. The van der Waals surface area contributed by atoms with Crippen molar-refractivity contribution in [2.24, 2.45) is 40.4 Å². The van der Waals surface area contributed by atoms with E-state index in [-0.39, 0.29) is 0 Å². The van der Waals surface area contributed by atoms with Gasteiger partial charge in [0.1, 0.15) is 0 Å². The van der Waals surface area contributed by atoms with Crippen LogP contribution in [0, 0.1) is 40.4 Å². The summed E-state index contributed by atoms with van der Waals surface area (Å²) in [4.78, 5) is 4.41. The Morgan fingerprint density at radius 3 is 2.64 bits per heavy atom. The van der Waals surface area contributed by atoms with Gasteiger partial charge in [0, 0.05) is 12.4 Å². The molecule has 2 heteroatoms. The SMILES string of the molecule is CC1CC2C3CC=C(c4cccnc4)C3(C)CCC2C2(C)CCC(C)(O)CC12. The average Bonchev–Trinajstić information content (AvgIpc) is 3.01. The Morgan fingerprint density at radius 1 is 1.07 bits per heavy atom. The van der Waals surface area contributed by atoms with Crippen LogP contribution < -0.4 is 0 Å². The molecule has 4 aliphatic rings. The zero-order valence-corrected chi connectivity index (χ0v) is 18.1. The second-order valence-corrected chi connectivity index (χ2v) is 11.5. The number of allylic oxidation sites excluding steroid dienone is 2. The molecule has 0 bridgehead atoms. The van der Waals surface area contributed by atoms with E-state index in [1.54, 1.807) is 5.57 Å². The quantitative estimate of drug-likeness (QED) is 0.638. The zero-order chi connectivity index (χ0) is 19.7. The van der Waals surface area contributed by atoms with Crippen molar-refractivity contribution in [3.63, 3.8) is 0 Å². The van der Waals surface area contributed by atoms with E-state index in [1.807, 2.05) is 6.20 Å². The molecule has 0 aromatic carbocycles. The van der Waals surface area contributed by atoms with Gasteiger partial charge in [-0.15, -0.1) is 0 Å². The van der Waals surface area contributed by atoms with Gasteiger partial charge in [0.05, 0.1) is 5.60 Å². The summed E-state index contributed by atoms with van der Waals surface area (Å²) in [6.07, 6.45) is 15.0. The smallest absolute Gasteiger partial charge is 0.0623 e. The van der Waals surface area contributed by atoms with Gasteiger partial charge in [-0.25, -0.2) is 0 Å². The van der Waals surface area contributed by atoms with Crippen LogP contribution in [0.2, 0.25) is 0 Å². The molecule has 1 aromatic rings. The number of pyridine rings is 1. The number of fused-ring (bicyclic) bond motifs is 5. The summed E-state index contributed by atoms with van der Waals surface area (Å²) in [5.74, 6) is 3.87. The molecule has 3 saturated carbocycles. The molecular weight excluding hydrogens is 342 g/mol. The number of hydrogen-bond donors (Lipinski definition) is 1. The van der Waals surface area contributed by atoms with E-state index in [0.717, 1.165) is 36.5 Å². The number of nitrogens with zero attached hydrogens (tertiary/aromatic N) is 1. The molecule has 5 rings (SSSR count). The summed E-state index contributed by atoms with van der Waals surface area (Å²) in [7, 11) is 0. The molecule has 8 unspecified atom stereocenters. The van der Waals surface area contributed by atoms with Gasteiger partial charge in [-0.1, -0.05) is 32.9 Å². The molecule has 0 spiro atoms. The predicted molar refractivity (Wildman–Crippen MR) is 114 cm³/mol. The molecule has 152 valence electrons. The van der Waals surface area contributed by atoms with Crippen molar-refractivity contribution in [2.75, 3.05) is 0 Å². The van der Waals surface area contributed by atoms with Crippen LogP contribution >= 0.6 is 0 Å². The van der Waals surface area contributed by atoms with Crippen molar-refractivity contribution in [1.82, 2.24) is 4.98 Å². The highest BCUT2D eigenvalue weighted by Gasteiger charge is 2.61. The molecule has 0 amide bonds. The van der Waals surface area contributed by atoms with Gasteiger partial charge in [0.15, 0.2) is 0 Å². The van der Waals surface area contributed by atoms with Crippen LogP contribution in [-0.4, -0.2) is 15.7 Å². The van der Waals surface area contributed by atoms with Crippen molar-refractivity contribution in [2.45, 2.75) is 78.2 Å². The van der Waals surface area contributed by atoms with Crippen LogP contribution in [0.15, 0.2) is 30.6 Å². The first-order chi connectivity index (χ1) is 13.2. The Labute approximate surface area is 170 Å². The van der Waals surface area contributed by atoms with E-state index >= 15 is 0 Å². The third kappa shape index (κ3) is 2.59. The Morgan fingerprint density at radius 2 is 1.89 bits per heavy atom. The Kier molecular flexibility index (Phi) is 4.16. The Balaban J connectivity index is 1.46. The minimum atomic E-state index is -0.448. The summed E-state index contributed by atoms with van der Waals surface area (Å²) in [6, 6.07) is 4.34. The highest BCUT2D eigenvalue weighted by Crippen LogP contribution is 2.68. The summed E-state index contributed by atoms with van der Waals surface area (Å²) < 4.78 is 0. The van der Waals surface area contributed by atoms with Crippen molar-refractivity contribution >= 4 is 5.57 Å². The van der Waals surface area contributed by atoms with Crippen molar-refractivity contribution in [3.8, 4) is 0 Å². The molecule has 0 aliphatic heterocycles. The van der Waals surface area contributed by atoms with Crippen LogP contribution in [0.5, 0.6) is 0 Å². The number of hydrogen-bond acceptors (Lipinski definition) is 2. The first kappa shape index (κ1) is 18.9. The van der Waals surface area contributed by atoms with Crippen molar-refractivity contribution in [3.05, 3.63) is 36.2 Å². The lowest BCUT2D eigenvalue weighted by atomic mass is 9.42. The molecule has 8 atom stereocenters. The average molecular weight is 380 g/mol. The fourth-order valence-electron chi connectivity index (χ4n) is 8.41. The third-order valence-electron chi connectivity index (χ3n) is 9.88. The monoisotopic (exact) mass is 379 g/mol. The largest absolute Gasteiger partial charge is 0.390 e. The Bertz CT molecular complexity index is 783. The minimum absolute atomic E-state index is 0.313. The number of aromatic nitrogens is 1. The van der Waals surface area contributed by atoms with Gasteiger partial charge in [-0.3, -0.25) is 4.98 Å². The maximum atomic E-state index is 10.8. The first-order valence-electron chi connectivity index (χ1n) is 11.6. The standard InChI is InChI=1S/C26H37NO/c1-17-14-19-21-8-7-20(18-6-5-13-27-16-18)25(21,3)10-9-22(19)26(4)12-11-24(2,28)15-23(17)26/h5-7,13,16-17,19,21-23,28H,8-12,14-15H2,1-4H3. The molecule has 1 N–H and O–H groups in total. The number of aliphatic hydroxyl groups is 1. The highest BCUT2D eigenvalue weighted by atomic mass is 16.3. The minimum Gasteiger partial charge on any atom is -0.390 e. The van der Waals surface area contributed by atoms with Crippen LogP contribution in [0.3, 0.4) is 0 Å². The van der Waals surface area contributed by atoms with Gasteiger partial charge < -0.3 is 5.11 Å². The van der Waals surface area contributed by atoms with E-state index in [2.05, 4.69) is 57.1 Å².